The minimum Gasteiger partial charge on any atom is -0.495 e. The largest absolute Gasteiger partial charge is 0.495 e. The molecule has 2 aromatic carbocycles. The van der Waals surface area contributed by atoms with Crippen LogP contribution in [-0.2, 0) is 16.4 Å². The number of carbonyl (C=O) groups excluding carboxylic acids is 1. The Kier molecular flexibility index (Phi) is 6.09. The van der Waals surface area contributed by atoms with Crippen molar-refractivity contribution in [1.82, 2.24) is 4.57 Å². The lowest BCUT2D eigenvalue weighted by Crippen LogP contribution is -2.16. The van der Waals surface area contributed by atoms with Gasteiger partial charge in [-0.15, -0.1) is 0 Å². The molecule has 7 nitrogen and oxygen atoms in total. The Morgan fingerprint density at radius 2 is 1.79 bits per heavy atom. The van der Waals surface area contributed by atoms with Gasteiger partial charge < -0.3 is 14.0 Å². The summed E-state index contributed by atoms with van der Waals surface area (Å²) in [6.45, 7) is 4.08. The van der Waals surface area contributed by atoms with Crippen LogP contribution in [0, 0.1) is 0 Å². The van der Waals surface area contributed by atoms with Crippen LogP contribution in [0.25, 0.3) is 10.2 Å². The van der Waals surface area contributed by atoms with Gasteiger partial charge in [0.25, 0.3) is 5.91 Å². The molecule has 0 bridgehead atoms. The Labute approximate surface area is 173 Å². The molecule has 0 atom stereocenters. The topological polar surface area (TPSA) is 87.0 Å². The Morgan fingerprint density at radius 3 is 2.41 bits per heavy atom. The lowest BCUT2D eigenvalue weighted by molar-refractivity contribution is 0.0997. The summed E-state index contributed by atoms with van der Waals surface area (Å²) in [7, 11) is -0.242. The first-order valence-electron chi connectivity index (χ1n) is 9.02. The van der Waals surface area contributed by atoms with Crippen LogP contribution in [0.2, 0.25) is 0 Å². The number of hydrogen-bond acceptors (Lipinski definition) is 6. The average Bonchev–Trinajstić information content (AvgIpc) is 3.11. The van der Waals surface area contributed by atoms with Gasteiger partial charge in [0.05, 0.1) is 24.9 Å². The van der Waals surface area contributed by atoms with Gasteiger partial charge in [-0.05, 0) is 37.3 Å². The molecule has 1 heterocycles. The van der Waals surface area contributed by atoms with Crippen molar-refractivity contribution in [2.24, 2.45) is 4.99 Å². The van der Waals surface area contributed by atoms with Gasteiger partial charge in [-0.2, -0.15) is 4.99 Å². The van der Waals surface area contributed by atoms with Crippen molar-refractivity contribution in [2.75, 3.05) is 20.0 Å². The van der Waals surface area contributed by atoms with Gasteiger partial charge in [-0.25, -0.2) is 8.42 Å². The number of methoxy groups -OCH3 is 2. The zero-order valence-corrected chi connectivity index (χ0v) is 18.3. The smallest absolute Gasteiger partial charge is 0.279 e. The van der Waals surface area contributed by atoms with E-state index >= 15 is 0 Å². The van der Waals surface area contributed by atoms with Crippen molar-refractivity contribution in [1.29, 1.82) is 0 Å². The predicted octanol–water partition coefficient (Wildman–Crippen LogP) is 3.27. The Morgan fingerprint density at radius 1 is 1.10 bits per heavy atom. The van der Waals surface area contributed by atoms with E-state index in [4.69, 9.17) is 9.47 Å². The van der Waals surface area contributed by atoms with E-state index in [2.05, 4.69) is 4.99 Å². The van der Waals surface area contributed by atoms with Crippen molar-refractivity contribution in [3.05, 3.63) is 46.8 Å². The van der Waals surface area contributed by atoms with E-state index in [0.717, 1.165) is 10.2 Å². The molecule has 0 aliphatic carbocycles. The maximum absolute atomic E-state index is 12.8. The number of benzene rings is 2. The van der Waals surface area contributed by atoms with E-state index in [0.29, 0.717) is 22.8 Å². The van der Waals surface area contributed by atoms with Gasteiger partial charge in [-0.1, -0.05) is 24.3 Å². The Hall–Kier alpha value is -2.65. The monoisotopic (exact) mass is 434 g/mol. The maximum atomic E-state index is 12.8. The molecule has 1 aromatic heterocycles. The SMILES string of the molecule is CCn1c(=NC(=O)c2cccc(S(=O)(=O)CC)c2)sc2c(OC)ccc(OC)c21. The number of aromatic nitrogens is 1. The van der Waals surface area contributed by atoms with E-state index in [1.54, 1.807) is 33.3 Å². The standard InChI is InChI=1S/C20H22N2O5S2/c1-5-22-17-15(26-3)10-11-16(27-4)18(17)28-20(22)21-19(23)13-8-7-9-14(12-13)29(24,25)6-2/h7-12H,5-6H2,1-4H3. The van der Waals surface area contributed by atoms with Crippen LogP contribution in [0.4, 0.5) is 0 Å². The third-order valence-corrected chi connectivity index (χ3v) is 7.35. The zero-order valence-electron chi connectivity index (χ0n) is 16.6. The van der Waals surface area contributed by atoms with Crippen LogP contribution >= 0.6 is 11.3 Å². The summed E-state index contributed by atoms with van der Waals surface area (Å²) < 4.78 is 37.9. The third kappa shape index (κ3) is 3.92. The summed E-state index contributed by atoms with van der Waals surface area (Å²) >= 11 is 1.32. The molecule has 0 saturated heterocycles. The molecule has 0 fully saturated rings. The average molecular weight is 435 g/mol. The van der Waals surface area contributed by atoms with Crippen molar-refractivity contribution in [3.8, 4) is 11.5 Å². The first-order chi connectivity index (χ1) is 13.9. The fraction of sp³-hybridized carbons (Fsp3) is 0.300. The summed E-state index contributed by atoms with van der Waals surface area (Å²) in [4.78, 5) is 17.7. The number of sulfone groups is 1. The lowest BCUT2D eigenvalue weighted by atomic mass is 10.2. The van der Waals surface area contributed by atoms with Crippen molar-refractivity contribution in [2.45, 2.75) is 25.3 Å². The highest BCUT2D eigenvalue weighted by Crippen LogP contribution is 2.35. The fourth-order valence-corrected chi connectivity index (χ4v) is 5.10. The molecular formula is C20H22N2O5S2. The first kappa shape index (κ1) is 21.1. The van der Waals surface area contributed by atoms with Crippen LogP contribution in [0.1, 0.15) is 24.2 Å². The van der Waals surface area contributed by atoms with Gasteiger partial charge in [0, 0.05) is 12.1 Å². The van der Waals surface area contributed by atoms with Crippen LogP contribution in [0.5, 0.6) is 11.5 Å². The van der Waals surface area contributed by atoms with Gasteiger partial charge >= 0.3 is 0 Å². The summed E-state index contributed by atoms with van der Waals surface area (Å²) in [6.07, 6.45) is 0. The molecule has 0 saturated carbocycles. The second-order valence-electron chi connectivity index (χ2n) is 6.12. The quantitative estimate of drug-likeness (QED) is 0.594. The second kappa shape index (κ2) is 8.38. The van der Waals surface area contributed by atoms with Crippen LogP contribution in [0.15, 0.2) is 46.3 Å². The summed E-state index contributed by atoms with van der Waals surface area (Å²) in [5.41, 5.74) is 1.02. The zero-order chi connectivity index (χ0) is 21.2. The molecule has 0 aliphatic heterocycles. The predicted molar refractivity (Wildman–Crippen MR) is 113 cm³/mol. The molecule has 9 heteroatoms. The maximum Gasteiger partial charge on any atom is 0.279 e. The highest BCUT2D eigenvalue weighted by atomic mass is 32.2. The van der Waals surface area contributed by atoms with Crippen LogP contribution in [0.3, 0.4) is 0 Å². The van der Waals surface area contributed by atoms with Gasteiger partial charge in [-0.3, -0.25) is 4.79 Å². The molecule has 0 spiro atoms. The summed E-state index contributed by atoms with van der Waals surface area (Å²) in [5.74, 6) is 0.777. The summed E-state index contributed by atoms with van der Waals surface area (Å²) in [5, 5.41) is 0. The molecule has 29 heavy (non-hydrogen) atoms. The van der Waals surface area contributed by atoms with Gasteiger partial charge in [0.15, 0.2) is 14.6 Å². The third-order valence-electron chi connectivity index (χ3n) is 4.53. The normalized spacial score (nSPS) is 12.3. The van der Waals surface area contributed by atoms with E-state index in [-0.39, 0.29) is 16.2 Å². The molecule has 3 rings (SSSR count). The number of hydrogen-bond donors (Lipinski definition) is 0. The molecule has 0 unspecified atom stereocenters. The number of rotatable bonds is 6. The lowest BCUT2D eigenvalue weighted by Gasteiger charge is -2.08. The number of thiazole rings is 1. The van der Waals surface area contributed by atoms with E-state index in [1.165, 1.54) is 23.5 Å². The molecular weight excluding hydrogens is 412 g/mol. The molecule has 3 aromatic rings. The molecule has 0 radical (unpaired) electrons. The Balaban J connectivity index is 2.18. The number of fused-ring (bicyclic) bond motifs is 1. The van der Waals surface area contributed by atoms with Crippen LogP contribution in [-0.4, -0.2) is 38.9 Å². The number of amides is 1. The fourth-order valence-electron chi connectivity index (χ4n) is 2.97. The van der Waals surface area contributed by atoms with Crippen molar-refractivity contribution < 1.29 is 22.7 Å². The second-order valence-corrected chi connectivity index (χ2v) is 9.38. The van der Waals surface area contributed by atoms with Gasteiger partial charge in [0.2, 0.25) is 0 Å². The number of ether oxygens (including phenoxy) is 2. The van der Waals surface area contributed by atoms with E-state index < -0.39 is 15.7 Å². The van der Waals surface area contributed by atoms with Gasteiger partial charge in [0.1, 0.15) is 21.7 Å². The molecule has 154 valence electrons. The molecule has 0 aliphatic rings. The van der Waals surface area contributed by atoms with Crippen LogP contribution < -0.4 is 14.3 Å². The van der Waals surface area contributed by atoms with Crippen molar-refractivity contribution in [3.63, 3.8) is 0 Å². The first-order valence-corrected chi connectivity index (χ1v) is 11.5. The minimum absolute atomic E-state index is 0.0342. The molecule has 1 amide bonds. The number of nitrogens with zero attached hydrogens (tertiary/aromatic N) is 2. The number of aryl methyl sites for hydroxylation is 1. The summed E-state index contributed by atoms with van der Waals surface area (Å²) in [6, 6.07) is 9.58. The van der Waals surface area contributed by atoms with Crippen molar-refractivity contribution >= 4 is 37.3 Å². The molecule has 0 N–H and O–H groups in total. The minimum atomic E-state index is -3.41. The Bertz CT molecular complexity index is 1240. The highest BCUT2D eigenvalue weighted by molar-refractivity contribution is 7.91. The highest BCUT2D eigenvalue weighted by Gasteiger charge is 2.17. The number of carbonyl (C=O) groups is 1. The van der Waals surface area contributed by atoms with E-state index in [1.807, 2.05) is 23.6 Å². The van der Waals surface area contributed by atoms with E-state index in [9.17, 15) is 13.2 Å².